The van der Waals surface area contributed by atoms with Gasteiger partial charge in [-0.15, -0.1) is 0 Å². The molecule has 2 aliphatic heterocycles. The van der Waals surface area contributed by atoms with Gasteiger partial charge in [0.25, 0.3) is 0 Å². The molecule has 9 rings (SSSR count). The van der Waals surface area contributed by atoms with Crippen LogP contribution < -0.4 is 5.32 Å². The molecule has 4 fully saturated rings. The molecule has 3 aromatic carbocycles. The van der Waals surface area contributed by atoms with Crippen molar-refractivity contribution in [3.63, 3.8) is 0 Å². The highest BCUT2D eigenvalue weighted by Crippen LogP contribution is 2.58. The normalized spacial score (nSPS) is 23.0. The van der Waals surface area contributed by atoms with Gasteiger partial charge < -0.3 is 30.0 Å². The summed E-state index contributed by atoms with van der Waals surface area (Å²) in [4.78, 5) is 57.9. The highest BCUT2D eigenvalue weighted by atomic mass is 16.5. The number of H-pyrrole nitrogens is 2. The summed E-state index contributed by atoms with van der Waals surface area (Å²) in [5.74, 6) is 1.64. The van der Waals surface area contributed by atoms with Crippen molar-refractivity contribution in [1.82, 2.24) is 35.1 Å². The second kappa shape index (κ2) is 13.0. The van der Waals surface area contributed by atoms with Crippen molar-refractivity contribution < 1.29 is 24.2 Å². The van der Waals surface area contributed by atoms with Crippen molar-refractivity contribution in [3.8, 4) is 33.6 Å². The van der Waals surface area contributed by atoms with Gasteiger partial charge in [-0.05, 0) is 95.4 Å². The molecule has 12 nitrogen and oxygen atoms in total. The fourth-order valence-electron chi connectivity index (χ4n) is 9.28. The maximum atomic E-state index is 13.9. The van der Waals surface area contributed by atoms with E-state index in [1.54, 1.807) is 11.1 Å². The highest BCUT2D eigenvalue weighted by Gasteiger charge is 2.55. The Kier molecular flexibility index (Phi) is 8.24. The average molecular weight is 728 g/mol. The first-order valence-electron chi connectivity index (χ1n) is 19.0. The Bertz CT molecular complexity index is 2260. The summed E-state index contributed by atoms with van der Waals surface area (Å²) in [7, 11) is 1.31. The minimum atomic E-state index is -0.881. The zero-order valence-corrected chi connectivity index (χ0v) is 30.7. The second-order valence-corrected chi connectivity index (χ2v) is 16.1. The lowest BCUT2D eigenvalue weighted by Crippen LogP contribution is -2.54. The number of methoxy groups -OCH3 is 1. The number of imidazole rings is 2. The molecule has 2 saturated carbocycles. The number of hydrogen-bond donors (Lipinski definition) is 4. The third kappa shape index (κ3) is 5.97. The number of likely N-dealkylation sites (tertiary alicyclic amines) is 2. The number of rotatable bonds is 8. The summed E-state index contributed by atoms with van der Waals surface area (Å²) in [5.41, 5.74) is 6.14. The number of piperidine rings is 1. The van der Waals surface area contributed by atoms with E-state index < -0.39 is 18.2 Å². The van der Waals surface area contributed by atoms with E-state index in [1.807, 2.05) is 24.9 Å². The molecule has 2 saturated heterocycles. The van der Waals surface area contributed by atoms with Gasteiger partial charge in [0.05, 0.1) is 43.0 Å². The smallest absolute Gasteiger partial charge is 0.407 e. The van der Waals surface area contributed by atoms with Crippen molar-refractivity contribution in [1.29, 1.82) is 0 Å². The molecule has 4 N–H and O–H groups in total. The molecule has 5 aromatic rings. The number of alkyl carbamates (subject to hydrolysis) is 1. The maximum absolute atomic E-state index is 13.9. The van der Waals surface area contributed by atoms with E-state index in [4.69, 9.17) is 9.72 Å². The van der Waals surface area contributed by atoms with Gasteiger partial charge in [0.1, 0.15) is 17.7 Å². The first-order chi connectivity index (χ1) is 26.1. The molecule has 278 valence electrons. The van der Waals surface area contributed by atoms with Crippen molar-refractivity contribution in [2.24, 2.45) is 17.3 Å². The standard InChI is InChI=1S/C42H45N7O5/c1-23(2)35(47-40(51)54-3)39(50)49-31-13-12-30(18-31)36(49)38-44-21-33(46-38)29-11-10-27-16-26(8-9-28(27)17-29)24-4-6-25(7-5-24)32-20-43-37(45-32)34-19-42(14-15-42)22-48(34)41(52)53/h4-11,16-17,20-21,23,30-31,34-36H,12-15,18-19,22H2,1-3H3,(H,43,45)(H,44,46)(H,47,51)(H,52,53). The number of aromatic amines is 2. The summed E-state index contributed by atoms with van der Waals surface area (Å²) in [6, 6.07) is 20.3. The Balaban J connectivity index is 0.910. The molecule has 3 amide bonds. The summed E-state index contributed by atoms with van der Waals surface area (Å²) in [5, 5.41) is 14.8. The van der Waals surface area contributed by atoms with Crippen molar-refractivity contribution in [3.05, 3.63) is 84.7 Å². The number of ether oxygens (including phenoxy) is 1. The third-order valence-corrected chi connectivity index (χ3v) is 12.4. The number of aromatic nitrogens is 4. The number of fused-ring (bicyclic) bond motifs is 3. The molecule has 4 aliphatic rings. The van der Waals surface area contributed by atoms with Crippen LogP contribution in [0.1, 0.15) is 76.1 Å². The minimum absolute atomic E-state index is 0.0863. The summed E-state index contributed by atoms with van der Waals surface area (Å²) >= 11 is 0. The predicted molar refractivity (Wildman–Crippen MR) is 203 cm³/mol. The van der Waals surface area contributed by atoms with Gasteiger partial charge >= 0.3 is 12.2 Å². The molecule has 12 heteroatoms. The van der Waals surface area contributed by atoms with Crippen molar-refractivity contribution in [2.75, 3.05) is 13.7 Å². The molecule has 2 bridgehead atoms. The highest BCUT2D eigenvalue weighted by molar-refractivity contribution is 5.91. The van der Waals surface area contributed by atoms with E-state index >= 15 is 0 Å². The number of carbonyl (C=O) groups excluding carboxylic acids is 2. The lowest BCUT2D eigenvalue weighted by molar-refractivity contribution is -0.139. The van der Waals surface area contributed by atoms with Crippen LogP contribution in [-0.4, -0.2) is 78.7 Å². The SMILES string of the molecule is COC(=O)NC(C(=O)N1C2CCC(C2)C1c1ncc(-c2ccc3cc(-c4ccc(-c5cnc(C6CC7(CC7)CN6C(=O)O)[nH]5)cc4)ccc3c2)[nH]1)C(C)C. The average Bonchev–Trinajstić information content (AvgIpc) is 3.81. The van der Waals surface area contributed by atoms with Crippen LogP contribution in [0.5, 0.6) is 0 Å². The molecule has 5 unspecified atom stereocenters. The van der Waals surface area contributed by atoms with Gasteiger partial charge in [-0.2, -0.15) is 0 Å². The molecule has 2 aromatic heterocycles. The van der Waals surface area contributed by atoms with Crippen LogP contribution in [0, 0.1) is 17.3 Å². The van der Waals surface area contributed by atoms with Gasteiger partial charge in [0.2, 0.25) is 5.91 Å². The number of carboxylic acid groups (broad SMARTS) is 1. The molecular weight excluding hydrogens is 683 g/mol. The van der Waals surface area contributed by atoms with Crippen LogP contribution in [0.4, 0.5) is 9.59 Å². The van der Waals surface area contributed by atoms with E-state index in [-0.39, 0.29) is 35.4 Å². The molecule has 0 radical (unpaired) electrons. The van der Waals surface area contributed by atoms with Gasteiger partial charge in [0.15, 0.2) is 0 Å². The quantitative estimate of drug-likeness (QED) is 0.127. The van der Waals surface area contributed by atoms with Crippen LogP contribution in [-0.2, 0) is 9.53 Å². The van der Waals surface area contributed by atoms with E-state index in [9.17, 15) is 19.5 Å². The Morgan fingerprint density at radius 3 is 2.19 bits per heavy atom. The van der Waals surface area contributed by atoms with Crippen LogP contribution in [0.3, 0.4) is 0 Å². The molecular formula is C42H45N7O5. The predicted octanol–water partition coefficient (Wildman–Crippen LogP) is 7.92. The number of carbonyl (C=O) groups is 3. The topological polar surface area (TPSA) is 157 Å². The Labute approximate surface area is 313 Å². The lowest BCUT2D eigenvalue weighted by Gasteiger charge is -2.37. The first-order valence-corrected chi connectivity index (χ1v) is 19.0. The number of hydrogen-bond acceptors (Lipinski definition) is 6. The molecule has 54 heavy (non-hydrogen) atoms. The van der Waals surface area contributed by atoms with E-state index in [1.165, 1.54) is 7.11 Å². The number of amides is 3. The maximum Gasteiger partial charge on any atom is 0.407 e. The van der Waals surface area contributed by atoms with Crippen molar-refractivity contribution in [2.45, 2.75) is 76.5 Å². The summed E-state index contributed by atoms with van der Waals surface area (Å²) in [6.45, 7) is 4.46. The fourth-order valence-corrected chi connectivity index (χ4v) is 9.28. The van der Waals surface area contributed by atoms with Crippen LogP contribution in [0.25, 0.3) is 44.4 Å². The number of nitrogens with one attached hydrogen (secondary N) is 3. The van der Waals surface area contributed by atoms with E-state index in [2.05, 4.69) is 80.9 Å². The van der Waals surface area contributed by atoms with Gasteiger partial charge in [-0.25, -0.2) is 19.6 Å². The van der Waals surface area contributed by atoms with E-state index in [0.717, 1.165) is 88.8 Å². The Morgan fingerprint density at radius 2 is 1.50 bits per heavy atom. The van der Waals surface area contributed by atoms with E-state index in [0.29, 0.717) is 18.3 Å². The molecule has 1 spiro atoms. The van der Waals surface area contributed by atoms with Crippen molar-refractivity contribution >= 4 is 28.9 Å². The fraction of sp³-hybridized carbons (Fsp3) is 0.405. The zero-order chi connectivity index (χ0) is 37.3. The largest absolute Gasteiger partial charge is 0.465 e. The monoisotopic (exact) mass is 727 g/mol. The van der Waals surface area contributed by atoms with Gasteiger partial charge in [-0.3, -0.25) is 9.69 Å². The summed E-state index contributed by atoms with van der Waals surface area (Å²) in [6.07, 6.45) is 8.14. The number of nitrogens with zero attached hydrogens (tertiary/aromatic N) is 4. The van der Waals surface area contributed by atoms with Gasteiger partial charge in [-0.1, -0.05) is 62.4 Å². The Morgan fingerprint density at radius 1 is 0.870 bits per heavy atom. The van der Waals surface area contributed by atoms with Crippen LogP contribution in [0.15, 0.2) is 73.1 Å². The first kappa shape index (κ1) is 34.1. The second-order valence-electron chi connectivity index (χ2n) is 16.1. The summed E-state index contributed by atoms with van der Waals surface area (Å²) < 4.78 is 4.82. The third-order valence-electron chi connectivity index (χ3n) is 12.4. The molecule has 5 atom stereocenters. The molecule has 2 aliphatic carbocycles. The number of benzene rings is 3. The van der Waals surface area contributed by atoms with Crippen LogP contribution in [0.2, 0.25) is 0 Å². The molecule has 4 heterocycles. The van der Waals surface area contributed by atoms with Crippen LogP contribution >= 0.6 is 0 Å². The Hall–Kier alpha value is -5.65. The zero-order valence-electron chi connectivity index (χ0n) is 30.7. The minimum Gasteiger partial charge on any atom is -0.465 e. The van der Waals surface area contributed by atoms with Gasteiger partial charge in [0, 0.05) is 18.2 Å². The lowest BCUT2D eigenvalue weighted by atomic mass is 9.95.